The zero-order valence-corrected chi connectivity index (χ0v) is 11.2. The maximum absolute atomic E-state index is 5.22. The summed E-state index contributed by atoms with van der Waals surface area (Å²) in [4.78, 5) is 10.8. The van der Waals surface area contributed by atoms with Crippen molar-refractivity contribution < 1.29 is 4.74 Å². The lowest BCUT2D eigenvalue weighted by Crippen LogP contribution is -2.42. The van der Waals surface area contributed by atoms with Crippen molar-refractivity contribution in [1.29, 1.82) is 0 Å². The van der Waals surface area contributed by atoms with Crippen LogP contribution in [0, 0.1) is 0 Å². The van der Waals surface area contributed by atoms with Crippen molar-refractivity contribution in [3.05, 3.63) is 18.1 Å². The second-order valence-electron chi connectivity index (χ2n) is 4.86. The highest BCUT2D eigenvalue weighted by molar-refractivity contribution is 5.16. The number of rotatable bonds is 5. The number of hydrogen-bond acceptors (Lipinski definition) is 5. The Hall–Kier alpha value is -1.20. The third-order valence-corrected chi connectivity index (χ3v) is 3.29. The quantitative estimate of drug-likeness (QED) is 0.847. The summed E-state index contributed by atoms with van der Waals surface area (Å²) in [6, 6.07) is 0.603. The molecule has 0 saturated carbocycles. The van der Waals surface area contributed by atoms with Crippen molar-refractivity contribution in [2.75, 3.05) is 27.2 Å². The van der Waals surface area contributed by atoms with Crippen molar-refractivity contribution in [1.82, 2.24) is 20.2 Å². The Bertz CT molecular complexity index is 366. The number of nitrogens with zero attached hydrogens (tertiary/aromatic N) is 3. The Kier molecular flexibility index (Phi) is 4.90. The molecule has 1 fully saturated rings. The van der Waals surface area contributed by atoms with Crippen molar-refractivity contribution in [3.8, 4) is 5.88 Å². The second kappa shape index (κ2) is 6.66. The summed E-state index contributed by atoms with van der Waals surface area (Å²) in [7, 11) is 3.75. The van der Waals surface area contributed by atoms with Crippen LogP contribution in [0.1, 0.15) is 25.0 Å². The predicted molar refractivity (Wildman–Crippen MR) is 70.6 cm³/mol. The summed E-state index contributed by atoms with van der Waals surface area (Å²) in [6.45, 7) is 2.96. The van der Waals surface area contributed by atoms with Gasteiger partial charge in [0.2, 0.25) is 5.88 Å². The van der Waals surface area contributed by atoms with Crippen LogP contribution in [-0.4, -0.2) is 48.2 Å². The van der Waals surface area contributed by atoms with Gasteiger partial charge in [-0.05, 0) is 26.4 Å². The molecular formula is C13H22N4O. The predicted octanol–water partition coefficient (Wildman–Crippen LogP) is 1.06. The fourth-order valence-corrected chi connectivity index (χ4v) is 2.41. The van der Waals surface area contributed by atoms with Crippen LogP contribution in [-0.2, 0) is 6.54 Å². The summed E-state index contributed by atoms with van der Waals surface area (Å²) >= 11 is 0. The van der Waals surface area contributed by atoms with Crippen molar-refractivity contribution in [2.45, 2.75) is 31.8 Å². The summed E-state index contributed by atoms with van der Waals surface area (Å²) in [5, 5.41) is 3.56. The van der Waals surface area contributed by atoms with E-state index in [1.54, 1.807) is 19.5 Å². The van der Waals surface area contributed by atoms with Crippen LogP contribution >= 0.6 is 0 Å². The van der Waals surface area contributed by atoms with E-state index in [0.717, 1.165) is 25.3 Å². The van der Waals surface area contributed by atoms with Gasteiger partial charge < -0.3 is 10.1 Å². The van der Waals surface area contributed by atoms with Crippen molar-refractivity contribution >= 4 is 0 Å². The average Bonchev–Trinajstić information content (AvgIpc) is 2.40. The minimum Gasteiger partial charge on any atom is -0.480 e. The second-order valence-corrected chi connectivity index (χ2v) is 4.86. The maximum Gasteiger partial charge on any atom is 0.236 e. The third-order valence-electron chi connectivity index (χ3n) is 3.29. The standard InChI is InChI=1S/C13H22N4O/c1-17(9-11-5-3-4-6-14-11)10-12-13(18-2)16-8-7-15-12/h7-8,11,14H,3-6,9-10H2,1-2H3/t11-/m0/s1. The van der Waals surface area contributed by atoms with E-state index in [4.69, 9.17) is 4.74 Å². The highest BCUT2D eigenvalue weighted by Gasteiger charge is 2.16. The fourth-order valence-electron chi connectivity index (χ4n) is 2.41. The summed E-state index contributed by atoms with van der Waals surface area (Å²) < 4.78 is 5.22. The Morgan fingerprint density at radius 1 is 1.39 bits per heavy atom. The van der Waals surface area contributed by atoms with Gasteiger partial charge in [0.25, 0.3) is 0 Å². The molecule has 0 aliphatic carbocycles. The van der Waals surface area contributed by atoms with Crippen LogP contribution in [0.2, 0.25) is 0 Å². The SMILES string of the molecule is COc1nccnc1CN(C)C[C@@H]1CCCCN1. The minimum absolute atomic E-state index is 0.603. The van der Waals surface area contributed by atoms with E-state index < -0.39 is 0 Å². The molecule has 18 heavy (non-hydrogen) atoms. The zero-order valence-electron chi connectivity index (χ0n) is 11.2. The van der Waals surface area contributed by atoms with E-state index in [9.17, 15) is 0 Å². The molecule has 1 N–H and O–H groups in total. The van der Waals surface area contributed by atoms with E-state index in [-0.39, 0.29) is 0 Å². The Morgan fingerprint density at radius 2 is 2.22 bits per heavy atom. The largest absolute Gasteiger partial charge is 0.480 e. The van der Waals surface area contributed by atoms with Crippen molar-refractivity contribution in [3.63, 3.8) is 0 Å². The fraction of sp³-hybridized carbons (Fsp3) is 0.692. The smallest absolute Gasteiger partial charge is 0.236 e. The number of piperidine rings is 1. The lowest BCUT2D eigenvalue weighted by Gasteiger charge is -2.28. The summed E-state index contributed by atoms with van der Waals surface area (Å²) in [5.74, 6) is 0.626. The van der Waals surface area contributed by atoms with Gasteiger partial charge in [0.15, 0.2) is 0 Å². The van der Waals surface area contributed by atoms with E-state index in [2.05, 4.69) is 27.2 Å². The number of hydrogen-bond donors (Lipinski definition) is 1. The van der Waals surface area contributed by atoms with Gasteiger partial charge in [0.05, 0.1) is 7.11 Å². The highest BCUT2D eigenvalue weighted by atomic mass is 16.5. The van der Waals surface area contributed by atoms with Gasteiger partial charge in [-0.15, -0.1) is 0 Å². The average molecular weight is 250 g/mol. The lowest BCUT2D eigenvalue weighted by molar-refractivity contribution is 0.250. The number of likely N-dealkylation sites (N-methyl/N-ethyl adjacent to an activating group) is 1. The van der Waals surface area contributed by atoms with Crippen molar-refractivity contribution in [2.24, 2.45) is 0 Å². The molecule has 1 aromatic rings. The molecule has 0 radical (unpaired) electrons. The molecule has 0 aromatic carbocycles. The lowest BCUT2D eigenvalue weighted by atomic mass is 10.0. The molecule has 1 atom stereocenters. The summed E-state index contributed by atoms with van der Waals surface area (Å²) in [5.41, 5.74) is 0.901. The van der Waals surface area contributed by atoms with Crippen LogP contribution in [0.25, 0.3) is 0 Å². The number of methoxy groups -OCH3 is 1. The molecule has 1 aromatic heterocycles. The van der Waals surface area contributed by atoms with Gasteiger partial charge in [0, 0.05) is 31.5 Å². The molecule has 2 rings (SSSR count). The van der Waals surface area contributed by atoms with Crippen LogP contribution in [0.4, 0.5) is 0 Å². The molecule has 1 saturated heterocycles. The molecule has 1 aliphatic heterocycles. The van der Waals surface area contributed by atoms with Gasteiger partial charge in [-0.25, -0.2) is 4.98 Å². The molecule has 0 amide bonds. The van der Waals surface area contributed by atoms with Gasteiger partial charge in [0.1, 0.15) is 5.69 Å². The topological polar surface area (TPSA) is 50.3 Å². The number of aromatic nitrogens is 2. The molecule has 2 heterocycles. The molecule has 100 valence electrons. The van der Waals surface area contributed by atoms with E-state index in [0.29, 0.717) is 11.9 Å². The number of nitrogens with one attached hydrogen (secondary N) is 1. The molecule has 1 aliphatic rings. The maximum atomic E-state index is 5.22. The van der Waals surface area contributed by atoms with Gasteiger partial charge in [-0.2, -0.15) is 0 Å². The molecule has 0 bridgehead atoms. The van der Waals surface area contributed by atoms with Crippen LogP contribution < -0.4 is 10.1 Å². The molecule has 0 spiro atoms. The first-order valence-electron chi connectivity index (χ1n) is 6.55. The normalized spacial score (nSPS) is 20.1. The minimum atomic E-state index is 0.603. The number of ether oxygens (including phenoxy) is 1. The van der Waals surface area contributed by atoms with Gasteiger partial charge >= 0.3 is 0 Å². The van der Waals surface area contributed by atoms with E-state index >= 15 is 0 Å². The van der Waals surface area contributed by atoms with Crippen LogP contribution in [0.5, 0.6) is 5.88 Å². The monoisotopic (exact) mass is 250 g/mol. The molecular weight excluding hydrogens is 228 g/mol. The van der Waals surface area contributed by atoms with Crippen LogP contribution in [0.3, 0.4) is 0 Å². The first-order valence-corrected chi connectivity index (χ1v) is 6.55. The Balaban J connectivity index is 1.87. The molecule has 5 heteroatoms. The first kappa shape index (κ1) is 13.2. The summed E-state index contributed by atoms with van der Waals surface area (Å²) in [6.07, 6.45) is 7.27. The van der Waals surface area contributed by atoms with E-state index in [1.165, 1.54) is 19.3 Å². The Morgan fingerprint density at radius 3 is 2.94 bits per heavy atom. The third kappa shape index (κ3) is 3.65. The van der Waals surface area contributed by atoms with Gasteiger partial charge in [-0.3, -0.25) is 9.88 Å². The van der Waals surface area contributed by atoms with E-state index in [1.807, 2.05) is 0 Å². The molecule has 0 unspecified atom stereocenters. The molecule has 5 nitrogen and oxygen atoms in total. The van der Waals surface area contributed by atoms with Gasteiger partial charge in [-0.1, -0.05) is 6.42 Å². The zero-order chi connectivity index (χ0) is 12.8. The highest BCUT2D eigenvalue weighted by Crippen LogP contribution is 2.14. The first-order chi connectivity index (χ1) is 8.79. The Labute approximate surface area is 109 Å². The van der Waals surface area contributed by atoms with Crippen LogP contribution in [0.15, 0.2) is 12.4 Å².